The van der Waals surface area contributed by atoms with E-state index in [0.29, 0.717) is 10.4 Å². The van der Waals surface area contributed by atoms with Gasteiger partial charge in [0.25, 0.3) is 0 Å². The lowest BCUT2D eigenvalue weighted by Crippen LogP contribution is -2.43. The van der Waals surface area contributed by atoms with Crippen LogP contribution in [0.15, 0.2) is 0 Å². The Kier molecular flexibility index (Phi) is 4.31. The molecule has 1 aliphatic rings. The second-order valence-electron chi connectivity index (χ2n) is 4.24. The van der Waals surface area contributed by atoms with Gasteiger partial charge >= 0.3 is 0 Å². The molecule has 0 spiro atoms. The molecule has 7 heteroatoms. The Hall–Kier alpha value is -0.720. The lowest BCUT2D eigenvalue weighted by molar-refractivity contribution is -0.119. The van der Waals surface area contributed by atoms with E-state index in [1.807, 2.05) is 0 Å². The molecule has 1 saturated heterocycles. The van der Waals surface area contributed by atoms with Gasteiger partial charge in [-0.25, -0.2) is 0 Å². The number of nitrogens with one attached hydrogen (secondary N) is 1. The first-order valence-electron chi connectivity index (χ1n) is 5.61. The minimum atomic E-state index is 0.0511. The molecule has 0 radical (unpaired) electrons. The number of hydrogen-bond donors (Lipinski definition) is 1. The van der Waals surface area contributed by atoms with Crippen molar-refractivity contribution in [2.45, 2.75) is 32.4 Å². The SMILES string of the molecule is CC(=O)NC1CCN(Cc2nnsc2Cl)CC1. The van der Waals surface area contributed by atoms with Gasteiger partial charge in [-0.15, -0.1) is 5.10 Å². The molecule has 0 bridgehead atoms. The van der Waals surface area contributed by atoms with Crippen molar-refractivity contribution in [3.05, 3.63) is 10.0 Å². The number of piperidine rings is 1. The predicted octanol–water partition coefficient (Wildman–Crippen LogP) is 1.29. The highest BCUT2D eigenvalue weighted by molar-refractivity contribution is 7.10. The number of aromatic nitrogens is 2. The van der Waals surface area contributed by atoms with Crippen LogP contribution in [0.25, 0.3) is 0 Å². The van der Waals surface area contributed by atoms with Crippen molar-refractivity contribution in [3.63, 3.8) is 0 Å². The molecule has 1 aliphatic heterocycles. The van der Waals surface area contributed by atoms with Crippen LogP contribution >= 0.6 is 23.1 Å². The third kappa shape index (κ3) is 3.62. The number of halogens is 1. The van der Waals surface area contributed by atoms with Gasteiger partial charge in [-0.05, 0) is 12.8 Å². The van der Waals surface area contributed by atoms with Crippen molar-refractivity contribution >= 4 is 29.0 Å². The monoisotopic (exact) mass is 274 g/mol. The zero-order valence-corrected chi connectivity index (χ0v) is 11.2. The van der Waals surface area contributed by atoms with E-state index >= 15 is 0 Å². The van der Waals surface area contributed by atoms with Crippen LogP contribution in [-0.2, 0) is 11.3 Å². The molecular formula is C10H15ClN4OS. The summed E-state index contributed by atoms with van der Waals surface area (Å²) in [5.74, 6) is 0.0511. The zero-order valence-electron chi connectivity index (χ0n) is 9.65. The average molecular weight is 275 g/mol. The van der Waals surface area contributed by atoms with Gasteiger partial charge < -0.3 is 5.32 Å². The molecule has 94 valence electrons. The van der Waals surface area contributed by atoms with Crippen LogP contribution in [0.1, 0.15) is 25.5 Å². The fourth-order valence-corrected chi connectivity index (χ4v) is 2.64. The molecule has 1 N–H and O–H groups in total. The van der Waals surface area contributed by atoms with E-state index in [1.54, 1.807) is 6.92 Å². The maximum atomic E-state index is 10.9. The van der Waals surface area contributed by atoms with Gasteiger partial charge in [-0.3, -0.25) is 9.69 Å². The lowest BCUT2D eigenvalue weighted by Gasteiger charge is -2.31. The number of nitrogens with zero attached hydrogens (tertiary/aromatic N) is 3. The summed E-state index contributed by atoms with van der Waals surface area (Å²) in [7, 11) is 0. The quantitative estimate of drug-likeness (QED) is 0.902. The van der Waals surface area contributed by atoms with Crippen molar-refractivity contribution in [1.29, 1.82) is 0 Å². The van der Waals surface area contributed by atoms with E-state index < -0.39 is 0 Å². The first-order chi connectivity index (χ1) is 8.15. The second kappa shape index (κ2) is 5.75. The number of carbonyl (C=O) groups is 1. The van der Waals surface area contributed by atoms with Crippen LogP contribution in [0.4, 0.5) is 0 Å². The number of amides is 1. The van der Waals surface area contributed by atoms with Gasteiger partial charge in [0, 0.05) is 44.1 Å². The van der Waals surface area contributed by atoms with Crippen molar-refractivity contribution < 1.29 is 4.79 Å². The summed E-state index contributed by atoms with van der Waals surface area (Å²) in [6.45, 7) is 4.23. The van der Waals surface area contributed by atoms with E-state index in [9.17, 15) is 4.79 Å². The molecule has 1 amide bonds. The van der Waals surface area contributed by atoms with Crippen LogP contribution in [0, 0.1) is 0 Å². The van der Waals surface area contributed by atoms with E-state index in [-0.39, 0.29) is 5.91 Å². The second-order valence-corrected chi connectivity index (χ2v) is 5.60. The molecule has 2 rings (SSSR count). The normalized spacial score (nSPS) is 18.2. The van der Waals surface area contributed by atoms with Crippen LogP contribution in [0.2, 0.25) is 4.34 Å². The van der Waals surface area contributed by atoms with Crippen molar-refractivity contribution in [2.75, 3.05) is 13.1 Å². The molecule has 1 aromatic heterocycles. The molecule has 0 aromatic carbocycles. The van der Waals surface area contributed by atoms with Gasteiger partial charge in [-0.1, -0.05) is 16.1 Å². The van der Waals surface area contributed by atoms with Crippen molar-refractivity contribution in [3.8, 4) is 0 Å². The highest BCUT2D eigenvalue weighted by Gasteiger charge is 2.21. The van der Waals surface area contributed by atoms with Gasteiger partial charge in [0.05, 0.1) is 0 Å². The summed E-state index contributed by atoms with van der Waals surface area (Å²) in [5.41, 5.74) is 0.856. The average Bonchev–Trinajstić information content (AvgIpc) is 2.67. The molecule has 5 nitrogen and oxygen atoms in total. The minimum Gasteiger partial charge on any atom is -0.354 e. The van der Waals surface area contributed by atoms with Crippen LogP contribution in [0.3, 0.4) is 0 Å². The number of carbonyl (C=O) groups excluding carboxylic acids is 1. The molecule has 1 aromatic rings. The van der Waals surface area contributed by atoms with E-state index in [1.165, 1.54) is 11.5 Å². The minimum absolute atomic E-state index is 0.0511. The highest BCUT2D eigenvalue weighted by Crippen LogP contribution is 2.20. The third-order valence-corrected chi connectivity index (χ3v) is 3.86. The number of likely N-dealkylation sites (tertiary alicyclic amines) is 1. The van der Waals surface area contributed by atoms with Gasteiger partial charge in [0.15, 0.2) is 0 Å². The van der Waals surface area contributed by atoms with Gasteiger partial charge in [0.1, 0.15) is 10.0 Å². The molecule has 0 aliphatic carbocycles. The molecule has 0 unspecified atom stereocenters. The lowest BCUT2D eigenvalue weighted by atomic mass is 10.1. The summed E-state index contributed by atoms with van der Waals surface area (Å²) in [5, 5.41) is 6.96. The summed E-state index contributed by atoms with van der Waals surface area (Å²) in [6.07, 6.45) is 1.96. The van der Waals surface area contributed by atoms with Crippen LogP contribution < -0.4 is 5.32 Å². The Bertz CT molecular complexity index is 389. The standard InChI is InChI=1S/C10H15ClN4OS/c1-7(16)12-8-2-4-15(5-3-8)6-9-10(11)17-14-13-9/h8H,2-6H2,1H3,(H,12,16). The Morgan fingerprint density at radius 2 is 2.29 bits per heavy atom. The van der Waals surface area contributed by atoms with E-state index in [0.717, 1.165) is 38.2 Å². The Morgan fingerprint density at radius 1 is 1.59 bits per heavy atom. The molecule has 1 fully saturated rings. The Morgan fingerprint density at radius 3 is 2.82 bits per heavy atom. The maximum Gasteiger partial charge on any atom is 0.217 e. The number of rotatable bonds is 3. The van der Waals surface area contributed by atoms with Crippen molar-refractivity contribution in [1.82, 2.24) is 19.8 Å². The van der Waals surface area contributed by atoms with Crippen LogP contribution in [0.5, 0.6) is 0 Å². The molecule has 0 saturated carbocycles. The van der Waals surface area contributed by atoms with Crippen LogP contribution in [-0.4, -0.2) is 39.5 Å². The molecule has 2 heterocycles. The fraction of sp³-hybridized carbons (Fsp3) is 0.700. The summed E-state index contributed by atoms with van der Waals surface area (Å²) in [6, 6.07) is 0.313. The first-order valence-corrected chi connectivity index (χ1v) is 6.76. The third-order valence-electron chi connectivity index (χ3n) is 2.88. The topological polar surface area (TPSA) is 58.1 Å². The maximum absolute atomic E-state index is 10.9. The zero-order chi connectivity index (χ0) is 12.3. The summed E-state index contributed by atoms with van der Waals surface area (Å²) in [4.78, 5) is 13.2. The molecular weight excluding hydrogens is 260 g/mol. The summed E-state index contributed by atoms with van der Waals surface area (Å²) >= 11 is 7.19. The Balaban J connectivity index is 1.79. The Labute approximate surface area is 109 Å². The predicted molar refractivity (Wildman–Crippen MR) is 67.0 cm³/mol. The number of hydrogen-bond acceptors (Lipinski definition) is 5. The van der Waals surface area contributed by atoms with Crippen molar-refractivity contribution in [2.24, 2.45) is 0 Å². The molecule has 17 heavy (non-hydrogen) atoms. The van der Waals surface area contributed by atoms with E-state index in [2.05, 4.69) is 19.8 Å². The van der Waals surface area contributed by atoms with Gasteiger partial charge in [0.2, 0.25) is 5.91 Å². The molecule has 0 atom stereocenters. The summed E-state index contributed by atoms with van der Waals surface area (Å²) < 4.78 is 4.49. The highest BCUT2D eigenvalue weighted by atomic mass is 35.5. The fourth-order valence-electron chi connectivity index (χ4n) is 2.03. The smallest absolute Gasteiger partial charge is 0.217 e. The first kappa shape index (κ1) is 12.7. The van der Waals surface area contributed by atoms with E-state index in [4.69, 9.17) is 11.6 Å². The van der Waals surface area contributed by atoms with Gasteiger partial charge in [-0.2, -0.15) is 0 Å². The largest absolute Gasteiger partial charge is 0.354 e.